The molecule has 1 aromatic heterocycles. The lowest BCUT2D eigenvalue weighted by atomic mass is 10.2. The topological polar surface area (TPSA) is 83.7 Å². The van der Waals surface area contributed by atoms with Gasteiger partial charge in [-0.15, -0.1) is 0 Å². The molecular formula is C21H18ClN3O3. The van der Waals surface area contributed by atoms with Crippen LogP contribution in [-0.4, -0.2) is 18.0 Å². The van der Waals surface area contributed by atoms with E-state index in [0.717, 1.165) is 0 Å². The van der Waals surface area contributed by atoms with Gasteiger partial charge >= 0.3 is 0 Å². The number of anilines is 1. The van der Waals surface area contributed by atoms with Crippen molar-refractivity contribution >= 4 is 35.3 Å². The van der Waals surface area contributed by atoms with Gasteiger partial charge in [0.15, 0.2) is 0 Å². The maximum atomic E-state index is 12.3. The van der Waals surface area contributed by atoms with Crippen molar-refractivity contribution < 1.29 is 14.0 Å². The third kappa shape index (κ3) is 4.66. The van der Waals surface area contributed by atoms with Gasteiger partial charge in [0.05, 0.1) is 22.4 Å². The first-order valence-electron chi connectivity index (χ1n) is 8.50. The van der Waals surface area contributed by atoms with Crippen LogP contribution in [0, 0.1) is 13.8 Å². The van der Waals surface area contributed by atoms with Gasteiger partial charge in [-0.25, -0.2) is 5.43 Å². The zero-order chi connectivity index (χ0) is 20.1. The van der Waals surface area contributed by atoms with Crippen molar-refractivity contribution in [1.82, 2.24) is 5.43 Å². The van der Waals surface area contributed by atoms with Gasteiger partial charge in [0.25, 0.3) is 11.8 Å². The van der Waals surface area contributed by atoms with E-state index in [1.807, 2.05) is 0 Å². The molecule has 0 saturated carbocycles. The van der Waals surface area contributed by atoms with Gasteiger partial charge in [0, 0.05) is 5.69 Å². The molecule has 142 valence electrons. The van der Waals surface area contributed by atoms with Gasteiger partial charge in [0.1, 0.15) is 11.5 Å². The van der Waals surface area contributed by atoms with Gasteiger partial charge in [-0.05, 0) is 49.7 Å². The molecule has 0 radical (unpaired) electrons. The second-order valence-corrected chi connectivity index (χ2v) is 6.49. The summed E-state index contributed by atoms with van der Waals surface area (Å²) in [5.41, 5.74) is 4.58. The van der Waals surface area contributed by atoms with Crippen LogP contribution >= 0.6 is 11.6 Å². The van der Waals surface area contributed by atoms with E-state index in [9.17, 15) is 9.59 Å². The molecule has 1 heterocycles. The van der Waals surface area contributed by atoms with E-state index >= 15 is 0 Å². The van der Waals surface area contributed by atoms with Crippen LogP contribution in [0.25, 0.3) is 0 Å². The number of furan rings is 1. The van der Waals surface area contributed by atoms with Gasteiger partial charge in [-0.1, -0.05) is 35.9 Å². The summed E-state index contributed by atoms with van der Waals surface area (Å²) in [6.07, 6.45) is 1.49. The summed E-state index contributed by atoms with van der Waals surface area (Å²) in [7, 11) is 0. The van der Waals surface area contributed by atoms with E-state index in [0.29, 0.717) is 38.9 Å². The van der Waals surface area contributed by atoms with Gasteiger partial charge in [0.2, 0.25) is 0 Å². The minimum atomic E-state index is -0.353. The Morgan fingerprint density at radius 2 is 1.79 bits per heavy atom. The molecule has 0 spiro atoms. The van der Waals surface area contributed by atoms with Crippen LogP contribution in [0.3, 0.4) is 0 Å². The first kappa shape index (κ1) is 19.4. The fourth-order valence-electron chi connectivity index (χ4n) is 2.62. The fraction of sp³-hybridized carbons (Fsp3) is 0.0952. The lowest BCUT2D eigenvalue weighted by Gasteiger charge is -2.07. The second-order valence-electron chi connectivity index (χ2n) is 6.09. The summed E-state index contributed by atoms with van der Waals surface area (Å²) in [6.45, 7) is 3.49. The highest BCUT2D eigenvalue weighted by Gasteiger charge is 2.12. The zero-order valence-corrected chi connectivity index (χ0v) is 16.1. The van der Waals surface area contributed by atoms with Crippen molar-refractivity contribution in [3.8, 4) is 0 Å². The Morgan fingerprint density at radius 1 is 1.00 bits per heavy atom. The van der Waals surface area contributed by atoms with Crippen LogP contribution < -0.4 is 10.7 Å². The molecule has 0 aliphatic heterocycles. The molecule has 2 N–H and O–H groups in total. The molecule has 6 nitrogen and oxygen atoms in total. The smallest absolute Gasteiger partial charge is 0.274 e. The Balaban J connectivity index is 1.65. The van der Waals surface area contributed by atoms with Crippen molar-refractivity contribution in [3.63, 3.8) is 0 Å². The van der Waals surface area contributed by atoms with Crippen LogP contribution in [0.2, 0.25) is 5.02 Å². The summed E-state index contributed by atoms with van der Waals surface area (Å²) in [5, 5.41) is 7.13. The molecule has 0 bridgehead atoms. The normalized spacial score (nSPS) is 10.8. The lowest BCUT2D eigenvalue weighted by molar-refractivity contribution is 0.0952. The van der Waals surface area contributed by atoms with E-state index in [1.165, 1.54) is 6.21 Å². The Morgan fingerprint density at radius 3 is 2.50 bits per heavy atom. The van der Waals surface area contributed by atoms with E-state index in [1.54, 1.807) is 68.4 Å². The number of nitrogens with zero attached hydrogens (tertiary/aromatic N) is 1. The highest BCUT2D eigenvalue weighted by atomic mass is 35.5. The third-order valence-corrected chi connectivity index (χ3v) is 4.26. The number of aryl methyl sites for hydroxylation is 2. The molecule has 3 aromatic rings. The molecule has 28 heavy (non-hydrogen) atoms. The molecule has 7 heteroatoms. The minimum absolute atomic E-state index is 0.307. The summed E-state index contributed by atoms with van der Waals surface area (Å²) in [5.74, 6) is 0.538. The zero-order valence-electron chi connectivity index (χ0n) is 15.3. The Bertz CT molecular complexity index is 1060. The van der Waals surface area contributed by atoms with Gasteiger partial charge < -0.3 is 9.73 Å². The highest BCUT2D eigenvalue weighted by molar-refractivity contribution is 6.34. The third-order valence-electron chi connectivity index (χ3n) is 3.93. The maximum absolute atomic E-state index is 12.3. The summed E-state index contributed by atoms with van der Waals surface area (Å²) in [4.78, 5) is 24.5. The number of nitrogens with one attached hydrogen (secondary N) is 2. The molecule has 3 rings (SSSR count). The second kappa shape index (κ2) is 8.54. The van der Waals surface area contributed by atoms with Gasteiger partial charge in [-0.2, -0.15) is 5.10 Å². The number of carbonyl (C=O) groups is 2. The van der Waals surface area contributed by atoms with Crippen molar-refractivity contribution in [2.75, 3.05) is 5.32 Å². The first-order chi connectivity index (χ1) is 13.4. The van der Waals surface area contributed by atoms with Crippen LogP contribution in [0.5, 0.6) is 0 Å². The fourth-order valence-corrected chi connectivity index (χ4v) is 2.84. The summed E-state index contributed by atoms with van der Waals surface area (Å²) in [6, 6.07) is 15.5. The van der Waals surface area contributed by atoms with Crippen molar-refractivity contribution in [2.24, 2.45) is 5.10 Å². The Hall–Kier alpha value is -3.38. The average Bonchev–Trinajstić information content (AvgIpc) is 3.00. The van der Waals surface area contributed by atoms with Crippen molar-refractivity contribution in [3.05, 3.63) is 87.8 Å². The van der Waals surface area contributed by atoms with Crippen LogP contribution in [-0.2, 0) is 0 Å². The number of carbonyl (C=O) groups excluding carboxylic acids is 2. The summed E-state index contributed by atoms with van der Waals surface area (Å²) >= 11 is 6.05. The number of benzene rings is 2. The molecule has 0 saturated heterocycles. The first-order valence-corrected chi connectivity index (χ1v) is 8.88. The van der Waals surface area contributed by atoms with E-state index in [-0.39, 0.29) is 11.8 Å². The average molecular weight is 396 g/mol. The predicted molar refractivity (Wildman–Crippen MR) is 109 cm³/mol. The molecule has 0 aliphatic carbocycles. The number of hydrogen-bond acceptors (Lipinski definition) is 4. The Labute approximate surface area is 167 Å². The summed E-state index contributed by atoms with van der Waals surface area (Å²) < 4.78 is 5.34. The number of rotatable bonds is 5. The number of hydrazone groups is 1. The molecule has 0 aliphatic rings. The Kier molecular flexibility index (Phi) is 5.91. The molecule has 0 unspecified atom stereocenters. The standard InChI is InChI=1S/C21H18ClN3O3/c1-13-10-18(14(2)28-13)21(27)25-23-12-15-6-5-7-16(11-15)24-20(26)17-8-3-4-9-19(17)22/h3-12H,1-2H3,(H,24,26)(H,25,27)/b23-12-. The SMILES string of the molecule is Cc1cc(C(=O)N/N=C\c2cccc(NC(=O)c3ccccc3Cl)c2)c(C)o1. The molecule has 2 aromatic carbocycles. The molecule has 2 amide bonds. The molecular weight excluding hydrogens is 378 g/mol. The quantitative estimate of drug-likeness (QED) is 0.490. The monoisotopic (exact) mass is 395 g/mol. The van der Waals surface area contributed by atoms with E-state index in [4.69, 9.17) is 16.0 Å². The van der Waals surface area contributed by atoms with E-state index < -0.39 is 0 Å². The highest BCUT2D eigenvalue weighted by Crippen LogP contribution is 2.18. The van der Waals surface area contributed by atoms with Crippen molar-refractivity contribution in [1.29, 1.82) is 0 Å². The van der Waals surface area contributed by atoms with Crippen molar-refractivity contribution in [2.45, 2.75) is 13.8 Å². The number of amides is 2. The molecule has 0 atom stereocenters. The number of hydrogen-bond donors (Lipinski definition) is 2. The van der Waals surface area contributed by atoms with Gasteiger partial charge in [-0.3, -0.25) is 9.59 Å². The van der Waals surface area contributed by atoms with E-state index in [2.05, 4.69) is 15.8 Å². The maximum Gasteiger partial charge on any atom is 0.274 e. The van der Waals surface area contributed by atoms with Crippen LogP contribution in [0.1, 0.15) is 37.8 Å². The van der Waals surface area contributed by atoms with Crippen LogP contribution in [0.15, 0.2) is 64.1 Å². The number of halogens is 1. The predicted octanol–water partition coefficient (Wildman–Crippen LogP) is 4.57. The molecule has 0 fully saturated rings. The van der Waals surface area contributed by atoms with Crippen LogP contribution in [0.4, 0.5) is 5.69 Å². The largest absolute Gasteiger partial charge is 0.466 e. The minimum Gasteiger partial charge on any atom is -0.466 e. The lowest BCUT2D eigenvalue weighted by Crippen LogP contribution is -2.17.